The molecule has 1 aromatic rings. The van der Waals surface area contributed by atoms with Crippen LogP contribution in [0.2, 0.25) is 0 Å². The molecule has 1 fully saturated rings. The van der Waals surface area contributed by atoms with Gasteiger partial charge in [0.2, 0.25) is 5.91 Å². The first-order chi connectivity index (χ1) is 7.16. The van der Waals surface area contributed by atoms with E-state index in [-0.39, 0.29) is 5.91 Å². The van der Waals surface area contributed by atoms with Crippen molar-refractivity contribution in [2.75, 3.05) is 24.5 Å². The van der Waals surface area contributed by atoms with E-state index in [4.69, 9.17) is 0 Å². The molecule has 15 heavy (non-hydrogen) atoms. The van der Waals surface area contributed by atoms with Crippen LogP contribution in [0.4, 0.5) is 5.13 Å². The quantitative estimate of drug-likeness (QED) is 0.754. The standard InChI is InChI=1S/C9H13N3O2S/c1-6(13)7-4-11-9(15-7)12-3-2-10-8(14)5-12/h4,6,13H,2-3,5H2,1H3,(H,10,14). The summed E-state index contributed by atoms with van der Waals surface area (Å²) in [7, 11) is 0. The van der Waals surface area contributed by atoms with Crippen molar-refractivity contribution in [1.29, 1.82) is 0 Å². The minimum atomic E-state index is -0.491. The average molecular weight is 227 g/mol. The van der Waals surface area contributed by atoms with Crippen molar-refractivity contribution in [3.8, 4) is 0 Å². The molecule has 2 heterocycles. The number of nitrogens with zero attached hydrogens (tertiary/aromatic N) is 2. The maximum absolute atomic E-state index is 11.2. The van der Waals surface area contributed by atoms with Crippen molar-refractivity contribution in [3.63, 3.8) is 0 Å². The highest BCUT2D eigenvalue weighted by atomic mass is 32.1. The van der Waals surface area contributed by atoms with Gasteiger partial charge in [0.25, 0.3) is 0 Å². The lowest BCUT2D eigenvalue weighted by atomic mass is 10.4. The molecule has 2 N–H and O–H groups in total. The van der Waals surface area contributed by atoms with Gasteiger partial charge < -0.3 is 15.3 Å². The number of thiazole rings is 1. The third kappa shape index (κ3) is 2.27. The second-order valence-corrected chi connectivity index (χ2v) is 4.53. The summed E-state index contributed by atoms with van der Waals surface area (Å²) in [5.41, 5.74) is 0. The van der Waals surface area contributed by atoms with Crippen molar-refractivity contribution < 1.29 is 9.90 Å². The van der Waals surface area contributed by atoms with Gasteiger partial charge in [-0.1, -0.05) is 11.3 Å². The SMILES string of the molecule is CC(O)c1cnc(N2CCNC(=O)C2)s1. The second kappa shape index (κ2) is 4.16. The van der Waals surface area contributed by atoms with Crippen LogP contribution in [0.5, 0.6) is 0 Å². The third-order valence-corrected chi connectivity index (χ3v) is 3.46. The fourth-order valence-electron chi connectivity index (χ4n) is 1.42. The molecule has 6 heteroatoms. The van der Waals surface area contributed by atoms with Crippen molar-refractivity contribution in [3.05, 3.63) is 11.1 Å². The highest BCUT2D eigenvalue weighted by Gasteiger charge is 2.19. The van der Waals surface area contributed by atoms with Gasteiger partial charge >= 0.3 is 0 Å². The summed E-state index contributed by atoms with van der Waals surface area (Å²) in [4.78, 5) is 18.1. The van der Waals surface area contributed by atoms with Gasteiger partial charge in [-0.25, -0.2) is 4.98 Å². The Morgan fingerprint density at radius 3 is 3.13 bits per heavy atom. The predicted molar refractivity (Wildman–Crippen MR) is 58.0 cm³/mol. The molecule has 5 nitrogen and oxygen atoms in total. The Morgan fingerprint density at radius 1 is 1.73 bits per heavy atom. The number of piperazine rings is 1. The molecule has 0 spiro atoms. The van der Waals surface area contributed by atoms with E-state index >= 15 is 0 Å². The lowest BCUT2D eigenvalue weighted by molar-refractivity contribution is -0.120. The zero-order valence-corrected chi connectivity index (χ0v) is 9.25. The van der Waals surface area contributed by atoms with Crippen molar-refractivity contribution >= 4 is 22.4 Å². The molecule has 0 bridgehead atoms. The molecule has 1 atom stereocenters. The minimum absolute atomic E-state index is 0.0232. The van der Waals surface area contributed by atoms with Gasteiger partial charge in [0, 0.05) is 19.3 Å². The number of anilines is 1. The number of aliphatic hydroxyl groups is 1. The Morgan fingerprint density at radius 2 is 2.53 bits per heavy atom. The van der Waals surface area contributed by atoms with Crippen molar-refractivity contribution in [2.24, 2.45) is 0 Å². The highest BCUT2D eigenvalue weighted by Crippen LogP contribution is 2.26. The van der Waals surface area contributed by atoms with Crippen LogP contribution in [0.1, 0.15) is 17.9 Å². The monoisotopic (exact) mass is 227 g/mol. The van der Waals surface area contributed by atoms with E-state index in [0.29, 0.717) is 13.1 Å². The average Bonchev–Trinajstić information content (AvgIpc) is 2.66. The van der Waals surface area contributed by atoms with Crippen LogP contribution in [0.3, 0.4) is 0 Å². The zero-order valence-electron chi connectivity index (χ0n) is 8.43. The smallest absolute Gasteiger partial charge is 0.239 e. The van der Waals surface area contributed by atoms with Gasteiger partial charge in [-0.05, 0) is 6.92 Å². The lowest BCUT2D eigenvalue weighted by Gasteiger charge is -2.25. The van der Waals surface area contributed by atoms with Crippen molar-refractivity contribution in [1.82, 2.24) is 10.3 Å². The van der Waals surface area contributed by atoms with E-state index in [1.807, 2.05) is 4.90 Å². The molecular formula is C9H13N3O2S. The molecular weight excluding hydrogens is 214 g/mol. The number of carbonyl (C=O) groups excluding carboxylic acids is 1. The molecule has 2 rings (SSSR count). The van der Waals surface area contributed by atoms with E-state index < -0.39 is 6.10 Å². The molecule has 1 aliphatic rings. The van der Waals surface area contributed by atoms with E-state index in [1.54, 1.807) is 13.1 Å². The molecule has 0 aliphatic carbocycles. The molecule has 0 saturated carbocycles. The fraction of sp³-hybridized carbons (Fsp3) is 0.556. The number of hydrogen-bond donors (Lipinski definition) is 2. The maximum atomic E-state index is 11.2. The number of aliphatic hydroxyl groups excluding tert-OH is 1. The topological polar surface area (TPSA) is 65.5 Å². The van der Waals surface area contributed by atoms with Gasteiger partial charge in [-0.15, -0.1) is 0 Å². The van der Waals surface area contributed by atoms with Crippen LogP contribution >= 0.6 is 11.3 Å². The lowest BCUT2D eigenvalue weighted by Crippen LogP contribution is -2.47. The van der Waals surface area contributed by atoms with Crippen LogP contribution in [-0.4, -0.2) is 35.6 Å². The molecule has 1 amide bonds. The van der Waals surface area contributed by atoms with Gasteiger partial charge in [-0.3, -0.25) is 4.79 Å². The Kier molecular flexibility index (Phi) is 2.88. The number of hydrogen-bond acceptors (Lipinski definition) is 5. The number of nitrogens with one attached hydrogen (secondary N) is 1. The van der Waals surface area contributed by atoms with Crippen LogP contribution in [0.15, 0.2) is 6.20 Å². The highest BCUT2D eigenvalue weighted by molar-refractivity contribution is 7.15. The largest absolute Gasteiger partial charge is 0.388 e. The number of carbonyl (C=O) groups is 1. The Balaban J connectivity index is 2.11. The van der Waals surface area contributed by atoms with Crippen LogP contribution in [0, 0.1) is 0 Å². The minimum Gasteiger partial charge on any atom is -0.388 e. The first-order valence-electron chi connectivity index (χ1n) is 4.82. The number of amides is 1. The van der Waals surface area contributed by atoms with Crippen LogP contribution in [0.25, 0.3) is 0 Å². The molecule has 0 aromatic carbocycles. The molecule has 82 valence electrons. The molecule has 1 aromatic heterocycles. The van der Waals surface area contributed by atoms with Crippen LogP contribution in [-0.2, 0) is 4.79 Å². The summed E-state index contributed by atoms with van der Waals surface area (Å²) in [5, 5.41) is 12.9. The van der Waals surface area contributed by atoms with E-state index in [1.165, 1.54) is 11.3 Å². The van der Waals surface area contributed by atoms with Gasteiger partial charge in [0.15, 0.2) is 5.13 Å². The third-order valence-electron chi connectivity index (χ3n) is 2.23. The van der Waals surface area contributed by atoms with E-state index in [9.17, 15) is 9.90 Å². The number of rotatable bonds is 2. The Hall–Kier alpha value is -1.14. The number of aromatic nitrogens is 1. The van der Waals surface area contributed by atoms with Gasteiger partial charge in [0.05, 0.1) is 17.5 Å². The van der Waals surface area contributed by atoms with Gasteiger partial charge in [0.1, 0.15) is 0 Å². The zero-order chi connectivity index (χ0) is 10.8. The maximum Gasteiger partial charge on any atom is 0.239 e. The summed E-state index contributed by atoms with van der Waals surface area (Å²) in [6.45, 7) is 3.49. The molecule has 1 unspecified atom stereocenters. The van der Waals surface area contributed by atoms with E-state index in [2.05, 4.69) is 10.3 Å². The Labute approximate surface area is 91.7 Å². The van der Waals surface area contributed by atoms with Crippen LogP contribution < -0.4 is 10.2 Å². The second-order valence-electron chi connectivity index (χ2n) is 3.49. The first-order valence-corrected chi connectivity index (χ1v) is 5.64. The first kappa shape index (κ1) is 10.4. The summed E-state index contributed by atoms with van der Waals surface area (Å²) < 4.78 is 0. The predicted octanol–water partition coefficient (Wildman–Crippen LogP) is 0.133. The van der Waals surface area contributed by atoms with E-state index in [0.717, 1.165) is 16.6 Å². The molecule has 1 saturated heterocycles. The Bertz CT molecular complexity index is 364. The van der Waals surface area contributed by atoms with Gasteiger partial charge in [-0.2, -0.15) is 0 Å². The normalized spacial score (nSPS) is 18.8. The summed E-state index contributed by atoms with van der Waals surface area (Å²) in [5.74, 6) is 0.0232. The summed E-state index contributed by atoms with van der Waals surface area (Å²) in [6, 6.07) is 0. The summed E-state index contributed by atoms with van der Waals surface area (Å²) in [6.07, 6.45) is 1.17. The molecule has 1 aliphatic heterocycles. The fourth-order valence-corrected chi connectivity index (χ4v) is 2.30. The molecule has 0 radical (unpaired) electrons. The van der Waals surface area contributed by atoms with Crippen molar-refractivity contribution in [2.45, 2.75) is 13.0 Å². The summed E-state index contributed by atoms with van der Waals surface area (Å²) >= 11 is 1.43.